The van der Waals surface area contributed by atoms with E-state index in [4.69, 9.17) is 4.98 Å². The molecule has 0 N–H and O–H groups in total. The Kier molecular flexibility index (Phi) is 5.76. The summed E-state index contributed by atoms with van der Waals surface area (Å²) in [5, 5.41) is 0. The molecule has 0 saturated carbocycles. The van der Waals surface area contributed by atoms with Gasteiger partial charge in [-0.1, -0.05) is 66.7 Å². The molecule has 6 bridgehead atoms. The first kappa shape index (κ1) is 22.8. The van der Waals surface area contributed by atoms with E-state index in [9.17, 15) is 0 Å². The maximum atomic E-state index is 4.73. The number of rotatable bonds is 3. The molecule has 0 aliphatic carbocycles. The average Bonchev–Trinajstić information content (AvgIpc) is 3.00. The van der Waals surface area contributed by atoms with Gasteiger partial charge in [0, 0.05) is 39.8 Å². The van der Waals surface area contributed by atoms with Gasteiger partial charge >= 0.3 is 0 Å². The van der Waals surface area contributed by atoms with Crippen molar-refractivity contribution in [1.82, 2.24) is 4.98 Å². The Labute approximate surface area is 228 Å². The standard InChI is InChI=1S/C35H26N4/c1-4-12-27(13-5-1)37-30-18-10-20-32(22-30)38(28-14-6-2-7-15-28)34-24-35(26-36-25-34)39(29-16-8-3-9-17-29)33-21-11-19-31(37)23-33/h1-26H. The summed E-state index contributed by atoms with van der Waals surface area (Å²) >= 11 is 0. The lowest BCUT2D eigenvalue weighted by molar-refractivity contribution is 1.18. The van der Waals surface area contributed by atoms with Gasteiger partial charge in [-0.05, 0) is 78.9 Å². The van der Waals surface area contributed by atoms with Gasteiger partial charge in [0.2, 0.25) is 0 Å². The number of nitrogens with zero attached hydrogens (tertiary/aromatic N) is 4. The third-order valence-electron chi connectivity index (χ3n) is 6.96. The topological polar surface area (TPSA) is 22.6 Å². The van der Waals surface area contributed by atoms with Gasteiger partial charge in [-0.15, -0.1) is 0 Å². The van der Waals surface area contributed by atoms with Crippen molar-refractivity contribution in [3.63, 3.8) is 0 Å². The number of fused-ring (bicyclic) bond motifs is 6. The Hall–Kier alpha value is -5.35. The molecule has 6 aromatic rings. The van der Waals surface area contributed by atoms with E-state index in [1.165, 1.54) is 0 Å². The summed E-state index contributed by atoms with van der Waals surface area (Å²) in [6, 6.07) is 51.1. The molecule has 4 heteroatoms. The third kappa shape index (κ3) is 4.28. The SMILES string of the molecule is c1ccc(N2c3cccc(c3)N(c3ccccc3)c3cncc(c3)N(c3ccccc3)c3cccc2c3)cc1. The summed E-state index contributed by atoms with van der Waals surface area (Å²) in [7, 11) is 0. The van der Waals surface area contributed by atoms with Crippen molar-refractivity contribution in [3.8, 4) is 0 Å². The highest BCUT2D eigenvalue weighted by Crippen LogP contribution is 2.44. The molecule has 1 aliphatic rings. The predicted octanol–water partition coefficient (Wildman–Crippen LogP) is 9.80. The molecule has 0 fully saturated rings. The zero-order valence-corrected chi connectivity index (χ0v) is 21.3. The van der Waals surface area contributed by atoms with Crippen LogP contribution in [0, 0.1) is 0 Å². The third-order valence-corrected chi connectivity index (χ3v) is 6.96. The second-order valence-electron chi connectivity index (χ2n) is 9.45. The Bertz CT molecular complexity index is 1450. The predicted molar refractivity (Wildman–Crippen MR) is 162 cm³/mol. The van der Waals surface area contributed by atoms with Crippen LogP contribution in [-0.4, -0.2) is 4.98 Å². The number of para-hydroxylation sites is 3. The lowest BCUT2D eigenvalue weighted by Gasteiger charge is -2.32. The zero-order valence-electron chi connectivity index (χ0n) is 21.3. The number of pyridine rings is 1. The summed E-state index contributed by atoms with van der Waals surface area (Å²) in [5.74, 6) is 0. The Morgan fingerprint density at radius 1 is 0.282 bits per heavy atom. The van der Waals surface area contributed by atoms with E-state index < -0.39 is 0 Å². The molecule has 1 aromatic heterocycles. The van der Waals surface area contributed by atoms with Crippen molar-refractivity contribution in [2.45, 2.75) is 0 Å². The van der Waals surface area contributed by atoms with Crippen LogP contribution in [0.5, 0.6) is 0 Å². The van der Waals surface area contributed by atoms with Crippen molar-refractivity contribution in [1.29, 1.82) is 0 Å². The first-order valence-corrected chi connectivity index (χ1v) is 13.1. The number of hydrogen-bond acceptors (Lipinski definition) is 4. The lowest BCUT2D eigenvalue weighted by Crippen LogP contribution is -2.16. The van der Waals surface area contributed by atoms with Gasteiger partial charge in [0.15, 0.2) is 0 Å². The van der Waals surface area contributed by atoms with Crippen molar-refractivity contribution < 1.29 is 0 Å². The molecule has 186 valence electrons. The molecule has 7 rings (SSSR count). The smallest absolute Gasteiger partial charge is 0.0665 e. The first-order chi connectivity index (χ1) is 19.3. The van der Waals surface area contributed by atoms with Crippen LogP contribution in [0.4, 0.5) is 51.2 Å². The van der Waals surface area contributed by atoms with Gasteiger partial charge in [0.25, 0.3) is 0 Å². The van der Waals surface area contributed by atoms with Gasteiger partial charge in [-0.2, -0.15) is 0 Å². The molecule has 0 atom stereocenters. The van der Waals surface area contributed by atoms with E-state index in [1.807, 2.05) is 24.5 Å². The van der Waals surface area contributed by atoms with Crippen molar-refractivity contribution >= 4 is 51.2 Å². The van der Waals surface area contributed by atoms with Gasteiger partial charge in [0.05, 0.1) is 23.8 Å². The number of anilines is 9. The summed E-state index contributed by atoms with van der Waals surface area (Å²) in [5.41, 5.74) is 9.48. The second-order valence-corrected chi connectivity index (χ2v) is 9.45. The highest BCUT2D eigenvalue weighted by Gasteiger charge is 2.21. The minimum atomic E-state index is 0.986. The zero-order chi connectivity index (χ0) is 26.0. The first-order valence-electron chi connectivity index (χ1n) is 13.1. The quantitative estimate of drug-likeness (QED) is 0.240. The highest BCUT2D eigenvalue weighted by atomic mass is 15.2. The fourth-order valence-electron chi connectivity index (χ4n) is 5.28. The fraction of sp³-hybridized carbons (Fsp3) is 0. The lowest BCUT2D eigenvalue weighted by atomic mass is 10.1. The van der Waals surface area contributed by atoms with E-state index in [1.54, 1.807) is 0 Å². The molecule has 0 unspecified atom stereocenters. The van der Waals surface area contributed by atoms with E-state index >= 15 is 0 Å². The molecule has 39 heavy (non-hydrogen) atoms. The van der Waals surface area contributed by atoms with E-state index in [-0.39, 0.29) is 0 Å². The molecule has 5 aromatic carbocycles. The van der Waals surface area contributed by atoms with Crippen LogP contribution in [0.25, 0.3) is 0 Å². The highest BCUT2D eigenvalue weighted by molar-refractivity contribution is 5.87. The maximum absolute atomic E-state index is 4.73. The summed E-state index contributed by atoms with van der Waals surface area (Å²) in [6.07, 6.45) is 3.87. The van der Waals surface area contributed by atoms with Crippen molar-refractivity contribution in [2.75, 3.05) is 14.7 Å². The van der Waals surface area contributed by atoms with Gasteiger partial charge in [0.1, 0.15) is 0 Å². The molecule has 0 amide bonds. The molecule has 0 radical (unpaired) electrons. The Morgan fingerprint density at radius 3 is 0.923 bits per heavy atom. The number of benzene rings is 5. The van der Waals surface area contributed by atoms with Gasteiger partial charge in [-0.3, -0.25) is 4.98 Å². The molecule has 1 aliphatic heterocycles. The maximum Gasteiger partial charge on any atom is 0.0665 e. The van der Waals surface area contributed by atoms with E-state index in [0.717, 1.165) is 51.2 Å². The summed E-state index contributed by atoms with van der Waals surface area (Å²) in [4.78, 5) is 11.6. The summed E-state index contributed by atoms with van der Waals surface area (Å²) in [6.45, 7) is 0. The molecular formula is C35H26N4. The average molecular weight is 503 g/mol. The van der Waals surface area contributed by atoms with Crippen LogP contribution in [-0.2, 0) is 0 Å². The molecule has 2 heterocycles. The normalized spacial score (nSPS) is 12.5. The minimum Gasteiger partial charge on any atom is -0.310 e. The van der Waals surface area contributed by atoms with Crippen molar-refractivity contribution in [2.24, 2.45) is 0 Å². The number of aromatic nitrogens is 1. The minimum absolute atomic E-state index is 0.986. The Balaban J connectivity index is 1.55. The Morgan fingerprint density at radius 2 is 0.564 bits per heavy atom. The molecular weight excluding hydrogens is 476 g/mol. The molecule has 4 nitrogen and oxygen atoms in total. The van der Waals surface area contributed by atoms with Crippen LogP contribution in [0.1, 0.15) is 0 Å². The van der Waals surface area contributed by atoms with Crippen molar-refractivity contribution in [3.05, 3.63) is 158 Å². The van der Waals surface area contributed by atoms with Gasteiger partial charge < -0.3 is 14.7 Å². The van der Waals surface area contributed by atoms with Gasteiger partial charge in [-0.25, -0.2) is 0 Å². The van der Waals surface area contributed by atoms with Crippen LogP contribution in [0.3, 0.4) is 0 Å². The second kappa shape index (κ2) is 9.84. The van der Waals surface area contributed by atoms with E-state index in [0.29, 0.717) is 0 Å². The van der Waals surface area contributed by atoms with Crippen LogP contribution >= 0.6 is 0 Å². The molecule has 0 spiro atoms. The van der Waals surface area contributed by atoms with Crippen LogP contribution in [0.15, 0.2) is 158 Å². The number of hydrogen-bond donors (Lipinski definition) is 0. The monoisotopic (exact) mass is 502 g/mol. The van der Waals surface area contributed by atoms with Crippen LogP contribution < -0.4 is 14.7 Å². The largest absolute Gasteiger partial charge is 0.310 e. The van der Waals surface area contributed by atoms with E-state index in [2.05, 4.69) is 148 Å². The fourth-order valence-corrected chi connectivity index (χ4v) is 5.28. The van der Waals surface area contributed by atoms with Crippen LogP contribution in [0.2, 0.25) is 0 Å². The molecule has 0 saturated heterocycles. The summed E-state index contributed by atoms with van der Waals surface area (Å²) < 4.78 is 0.